The van der Waals surface area contributed by atoms with E-state index in [4.69, 9.17) is 10.5 Å². The zero-order valence-electron chi connectivity index (χ0n) is 9.56. The Kier molecular flexibility index (Phi) is 2.60. The molecule has 16 heavy (non-hydrogen) atoms. The Bertz CT molecular complexity index is 356. The SMILES string of the molecule is NC1CCC(c2ccc(OC3CC3)cc2)C1. The second-order valence-corrected chi connectivity index (χ2v) is 5.16. The van der Waals surface area contributed by atoms with Crippen molar-refractivity contribution in [2.45, 2.75) is 50.2 Å². The van der Waals surface area contributed by atoms with Crippen LogP contribution in [-0.2, 0) is 0 Å². The molecule has 0 aromatic heterocycles. The minimum absolute atomic E-state index is 0.410. The monoisotopic (exact) mass is 217 g/mol. The van der Waals surface area contributed by atoms with E-state index >= 15 is 0 Å². The molecule has 3 rings (SSSR count). The molecule has 2 heteroatoms. The van der Waals surface area contributed by atoms with E-state index in [1.165, 1.54) is 31.2 Å². The summed E-state index contributed by atoms with van der Waals surface area (Å²) in [6.07, 6.45) is 6.49. The molecule has 0 spiro atoms. The summed E-state index contributed by atoms with van der Waals surface area (Å²) in [5.41, 5.74) is 7.37. The number of ether oxygens (including phenoxy) is 1. The zero-order valence-corrected chi connectivity index (χ0v) is 9.56. The quantitative estimate of drug-likeness (QED) is 0.845. The van der Waals surface area contributed by atoms with E-state index in [9.17, 15) is 0 Å². The minimum Gasteiger partial charge on any atom is -0.490 e. The fourth-order valence-corrected chi connectivity index (χ4v) is 2.52. The highest BCUT2D eigenvalue weighted by Gasteiger charge is 2.25. The first-order valence-electron chi connectivity index (χ1n) is 6.33. The summed E-state index contributed by atoms with van der Waals surface area (Å²) in [5.74, 6) is 1.69. The van der Waals surface area contributed by atoms with Crippen molar-refractivity contribution < 1.29 is 4.74 Å². The molecule has 0 radical (unpaired) electrons. The molecule has 2 aliphatic rings. The normalized spacial score (nSPS) is 29.3. The molecular weight excluding hydrogens is 198 g/mol. The molecule has 2 atom stereocenters. The van der Waals surface area contributed by atoms with Crippen LogP contribution < -0.4 is 10.5 Å². The maximum Gasteiger partial charge on any atom is 0.119 e. The van der Waals surface area contributed by atoms with Crippen LogP contribution >= 0.6 is 0 Å². The maximum absolute atomic E-state index is 5.94. The van der Waals surface area contributed by atoms with Gasteiger partial charge in [-0.3, -0.25) is 0 Å². The van der Waals surface area contributed by atoms with Gasteiger partial charge in [0.25, 0.3) is 0 Å². The number of hydrogen-bond donors (Lipinski definition) is 1. The summed E-state index contributed by atoms with van der Waals surface area (Å²) < 4.78 is 5.74. The van der Waals surface area contributed by atoms with Gasteiger partial charge in [0, 0.05) is 6.04 Å². The Morgan fingerprint density at radius 3 is 2.31 bits per heavy atom. The maximum atomic E-state index is 5.94. The van der Waals surface area contributed by atoms with Crippen LogP contribution in [0, 0.1) is 0 Å². The van der Waals surface area contributed by atoms with E-state index in [-0.39, 0.29) is 0 Å². The molecule has 2 fully saturated rings. The van der Waals surface area contributed by atoms with Crippen molar-refractivity contribution in [1.29, 1.82) is 0 Å². The molecule has 1 aromatic carbocycles. The zero-order chi connectivity index (χ0) is 11.0. The lowest BCUT2D eigenvalue weighted by Crippen LogP contribution is -2.14. The number of nitrogens with two attached hydrogens (primary N) is 1. The summed E-state index contributed by atoms with van der Waals surface area (Å²) in [6.45, 7) is 0. The van der Waals surface area contributed by atoms with Gasteiger partial charge < -0.3 is 10.5 Å². The third-order valence-electron chi connectivity index (χ3n) is 3.65. The highest BCUT2D eigenvalue weighted by Crippen LogP contribution is 2.34. The second kappa shape index (κ2) is 4.10. The van der Waals surface area contributed by atoms with Gasteiger partial charge in [0.05, 0.1) is 6.10 Å². The van der Waals surface area contributed by atoms with Crippen molar-refractivity contribution in [3.8, 4) is 5.75 Å². The average Bonchev–Trinajstić information content (AvgIpc) is 3.00. The van der Waals surface area contributed by atoms with Gasteiger partial charge in [-0.15, -0.1) is 0 Å². The van der Waals surface area contributed by atoms with Crippen molar-refractivity contribution in [3.05, 3.63) is 29.8 Å². The molecule has 2 N–H and O–H groups in total. The van der Waals surface area contributed by atoms with Crippen LogP contribution in [0.25, 0.3) is 0 Å². The number of rotatable bonds is 3. The lowest BCUT2D eigenvalue weighted by atomic mass is 9.97. The Balaban J connectivity index is 1.66. The van der Waals surface area contributed by atoms with Crippen molar-refractivity contribution in [2.24, 2.45) is 5.73 Å². The third-order valence-corrected chi connectivity index (χ3v) is 3.65. The van der Waals surface area contributed by atoms with Crippen molar-refractivity contribution in [3.63, 3.8) is 0 Å². The van der Waals surface area contributed by atoms with Gasteiger partial charge in [-0.2, -0.15) is 0 Å². The molecule has 0 heterocycles. The first-order valence-corrected chi connectivity index (χ1v) is 6.33. The molecule has 86 valence electrons. The molecule has 2 aliphatic carbocycles. The fraction of sp³-hybridized carbons (Fsp3) is 0.571. The first kappa shape index (κ1) is 10.2. The van der Waals surface area contributed by atoms with Gasteiger partial charge in [0.1, 0.15) is 5.75 Å². The van der Waals surface area contributed by atoms with Gasteiger partial charge in [-0.25, -0.2) is 0 Å². The summed E-state index contributed by atoms with van der Waals surface area (Å²) >= 11 is 0. The lowest BCUT2D eigenvalue weighted by Gasteiger charge is -2.11. The Labute approximate surface area is 96.8 Å². The van der Waals surface area contributed by atoms with Gasteiger partial charge in [-0.05, 0) is 55.7 Å². The van der Waals surface area contributed by atoms with Crippen molar-refractivity contribution in [1.82, 2.24) is 0 Å². The molecule has 1 aromatic rings. The summed E-state index contributed by atoms with van der Waals surface area (Å²) in [6, 6.07) is 9.04. The predicted molar refractivity (Wildman–Crippen MR) is 64.7 cm³/mol. The highest BCUT2D eigenvalue weighted by atomic mass is 16.5. The van der Waals surface area contributed by atoms with Crippen LogP contribution in [0.3, 0.4) is 0 Å². The van der Waals surface area contributed by atoms with E-state index < -0.39 is 0 Å². The molecule has 0 saturated heterocycles. The second-order valence-electron chi connectivity index (χ2n) is 5.16. The van der Waals surface area contributed by atoms with Crippen molar-refractivity contribution in [2.75, 3.05) is 0 Å². The number of hydrogen-bond acceptors (Lipinski definition) is 2. The van der Waals surface area contributed by atoms with Crippen LogP contribution in [0.1, 0.15) is 43.6 Å². The molecule has 0 amide bonds. The van der Waals surface area contributed by atoms with Crippen LogP contribution in [0.4, 0.5) is 0 Å². The Morgan fingerprint density at radius 1 is 1.00 bits per heavy atom. The highest BCUT2D eigenvalue weighted by molar-refractivity contribution is 5.30. The smallest absolute Gasteiger partial charge is 0.119 e. The van der Waals surface area contributed by atoms with Crippen LogP contribution in [-0.4, -0.2) is 12.1 Å². The Hall–Kier alpha value is -1.02. The molecular formula is C14H19NO. The largest absolute Gasteiger partial charge is 0.490 e. The van der Waals surface area contributed by atoms with Gasteiger partial charge >= 0.3 is 0 Å². The molecule has 0 aliphatic heterocycles. The predicted octanol–water partition coefficient (Wildman–Crippen LogP) is 2.82. The van der Waals surface area contributed by atoms with E-state index in [1.54, 1.807) is 0 Å². The topological polar surface area (TPSA) is 35.2 Å². The summed E-state index contributed by atoms with van der Waals surface area (Å²) in [7, 11) is 0. The summed E-state index contributed by atoms with van der Waals surface area (Å²) in [4.78, 5) is 0. The van der Waals surface area contributed by atoms with Crippen LogP contribution in [0.2, 0.25) is 0 Å². The summed E-state index contributed by atoms with van der Waals surface area (Å²) in [5, 5.41) is 0. The van der Waals surface area contributed by atoms with Crippen LogP contribution in [0.5, 0.6) is 5.75 Å². The van der Waals surface area contributed by atoms with E-state index in [0.717, 1.165) is 12.2 Å². The third kappa shape index (κ3) is 2.22. The first-order chi connectivity index (χ1) is 7.81. The molecule has 2 unspecified atom stereocenters. The number of benzene rings is 1. The Morgan fingerprint density at radius 2 is 1.75 bits per heavy atom. The lowest BCUT2D eigenvalue weighted by molar-refractivity contribution is 0.303. The van der Waals surface area contributed by atoms with Crippen LogP contribution in [0.15, 0.2) is 24.3 Å². The van der Waals surface area contributed by atoms with Gasteiger partial charge in [0.2, 0.25) is 0 Å². The van der Waals surface area contributed by atoms with Gasteiger partial charge in [0.15, 0.2) is 0 Å². The minimum atomic E-state index is 0.410. The average molecular weight is 217 g/mol. The fourth-order valence-electron chi connectivity index (χ4n) is 2.52. The molecule has 2 saturated carbocycles. The van der Waals surface area contributed by atoms with E-state index in [2.05, 4.69) is 24.3 Å². The van der Waals surface area contributed by atoms with Gasteiger partial charge in [-0.1, -0.05) is 12.1 Å². The molecule has 2 nitrogen and oxygen atoms in total. The standard InChI is InChI=1S/C14H19NO/c15-12-4-1-11(9-12)10-2-5-13(6-3-10)16-14-7-8-14/h2-3,5-6,11-12,14H,1,4,7-9,15H2. The van der Waals surface area contributed by atoms with Crippen molar-refractivity contribution >= 4 is 0 Å². The van der Waals surface area contributed by atoms with E-state index in [1.807, 2.05) is 0 Å². The van der Waals surface area contributed by atoms with E-state index in [0.29, 0.717) is 18.1 Å². The molecule has 0 bridgehead atoms.